The summed E-state index contributed by atoms with van der Waals surface area (Å²) in [6.07, 6.45) is 3.65. The van der Waals surface area contributed by atoms with Gasteiger partial charge in [0, 0.05) is 113 Å². The summed E-state index contributed by atoms with van der Waals surface area (Å²) in [5, 5.41) is 47.3. The number of fused-ring (bicyclic) bond motifs is 2. The van der Waals surface area contributed by atoms with Gasteiger partial charge in [-0.05, 0) is 127 Å². The van der Waals surface area contributed by atoms with Gasteiger partial charge in [0.1, 0.15) is 24.3 Å². The second-order valence-electron chi connectivity index (χ2n) is 29.9. The maximum absolute atomic E-state index is 13.8. The number of anilines is 3. The maximum Gasteiger partial charge on any atom is 0.409 e. The molecular weight excluding hydrogens is 1460 g/mol. The van der Waals surface area contributed by atoms with Gasteiger partial charge < -0.3 is 79.0 Å². The van der Waals surface area contributed by atoms with Crippen molar-refractivity contribution in [2.45, 2.75) is 135 Å². The van der Waals surface area contributed by atoms with E-state index < -0.39 is 72.1 Å². The number of hydrogen-bond acceptors (Lipinski definition) is 24. The van der Waals surface area contributed by atoms with Crippen LogP contribution in [0.1, 0.15) is 121 Å². The molecule has 7 N–H and O–H groups in total. The predicted molar refractivity (Wildman–Crippen MR) is 400 cm³/mol. The molecule has 0 radical (unpaired) electrons. The second kappa shape index (κ2) is 35.5. The van der Waals surface area contributed by atoms with Gasteiger partial charge in [-0.25, -0.2) is 24.4 Å². The van der Waals surface area contributed by atoms with Crippen LogP contribution in [-0.4, -0.2) is 227 Å². The van der Waals surface area contributed by atoms with Crippen molar-refractivity contribution in [1.82, 2.24) is 40.2 Å². The van der Waals surface area contributed by atoms with Crippen LogP contribution in [0.3, 0.4) is 0 Å². The molecule has 4 aliphatic carbocycles. The number of aliphatic hydroxyl groups is 1. The van der Waals surface area contributed by atoms with Crippen molar-refractivity contribution >= 4 is 97.4 Å². The molecule has 3 aromatic heterocycles. The number of aromatic carboxylic acids is 1. The minimum Gasteiger partial charge on any atom is -0.479 e. The van der Waals surface area contributed by atoms with Crippen LogP contribution in [0.4, 0.5) is 21.4 Å². The van der Waals surface area contributed by atoms with E-state index in [-0.39, 0.29) is 149 Å². The number of nitrogens with zero attached hydrogens (tertiary/aromatic N) is 7. The number of pyridine rings is 1. The lowest BCUT2D eigenvalue weighted by atomic mass is 9.39. The summed E-state index contributed by atoms with van der Waals surface area (Å²) in [6.45, 7) is 10.4. The van der Waals surface area contributed by atoms with Gasteiger partial charge in [-0.1, -0.05) is 55.5 Å². The van der Waals surface area contributed by atoms with Gasteiger partial charge in [-0.3, -0.25) is 48.5 Å². The first-order valence-corrected chi connectivity index (χ1v) is 38.0. The van der Waals surface area contributed by atoms with E-state index in [0.717, 1.165) is 82.6 Å². The van der Waals surface area contributed by atoms with Crippen molar-refractivity contribution in [3.63, 3.8) is 0 Å². The van der Waals surface area contributed by atoms with Crippen molar-refractivity contribution in [2.75, 3.05) is 115 Å². The number of rotatable bonds is 38. The Morgan fingerprint density at radius 1 is 0.730 bits per heavy atom. The van der Waals surface area contributed by atoms with Gasteiger partial charge in [0.15, 0.2) is 10.8 Å². The monoisotopic (exact) mass is 1550 g/mol. The van der Waals surface area contributed by atoms with Crippen molar-refractivity contribution in [1.29, 1.82) is 0 Å². The highest BCUT2D eigenvalue weighted by Crippen LogP contribution is 2.72. The van der Waals surface area contributed by atoms with Crippen LogP contribution in [0.15, 0.2) is 91.1 Å². The molecule has 7 amide bonds. The third-order valence-corrected chi connectivity index (χ3v) is 21.8. The number of carbonyl (C=O) groups is 10. The highest BCUT2D eigenvalue weighted by atomic mass is 32.1. The molecule has 33 heteroatoms. The van der Waals surface area contributed by atoms with Gasteiger partial charge in [0.05, 0.1) is 87.2 Å². The van der Waals surface area contributed by atoms with Crippen molar-refractivity contribution in [2.24, 2.45) is 16.2 Å². The molecule has 4 bridgehead atoms. The van der Waals surface area contributed by atoms with Crippen LogP contribution >= 0.6 is 11.3 Å². The molecule has 6 aromatic rings. The maximum atomic E-state index is 13.8. The molecule has 4 saturated carbocycles. The molecule has 2 unspecified atom stereocenters. The average molecular weight is 1550 g/mol. The minimum atomic E-state index is -2.00. The van der Waals surface area contributed by atoms with E-state index in [1.807, 2.05) is 59.0 Å². The van der Waals surface area contributed by atoms with Gasteiger partial charge >= 0.3 is 18.0 Å². The number of imide groups is 1. The summed E-state index contributed by atoms with van der Waals surface area (Å²) in [6, 6.07) is 21.5. The second-order valence-corrected chi connectivity index (χ2v) is 30.9. The van der Waals surface area contributed by atoms with E-state index in [4.69, 9.17) is 48.0 Å². The summed E-state index contributed by atoms with van der Waals surface area (Å²) in [4.78, 5) is 140. The normalized spacial score (nSPS) is 22.4. The Morgan fingerprint density at radius 2 is 1.43 bits per heavy atom. The van der Waals surface area contributed by atoms with Gasteiger partial charge in [0.2, 0.25) is 35.9 Å². The molecule has 6 heterocycles. The van der Waals surface area contributed by atoms with E-state index in [1.165, 1.54) is 28.4 Å². The summed E-state index contributed by atoms with van der Waals surface area (Å²) in [5.74, 6) is -5.81. The number of aliphatic hydroxyl groups excluding tert-OH is 1. The summed E-state index contributed by atoms with van der Waals surface area (Å²) in [5.41, 5.74) is 4.68. The van der Waals surface area contributed by atoms with E-state index in [0.29, 0.717) is 72.5 Å². The zero-order valence-corrected chi connectivity index (χ0v) is 63.2. The molecule has 5 atom stereocenters. The van der Waals surface area contributed by atoms with Crippen LogP contribution in [0.25, 0.3) is 21.3 Å². The smallest absolute Gasteiger partial charge is 0.409 e. The lowest BCUT2D eigenvalue weighted by Crippen LogP contribution is -2.64. The van der Waals surface area contributed by atoms with E-state index in [1.54, 1.807) is 31.4 Å². The summed E-state index contributed by atoms with van der Waals surface area (Å²) >= 11 is 1.40. The zero-order chi connectivity index (χ0) is 78.6. The Labute approximate surface area is 643 Å². The standard InChI is InChI=1S/C78H93N11O21S/c1-48-53(51-13-15-60(84-67(51)71(98)99)87-24-19-50-8-7-9-52(54(50)39-87)70(97)85-73-83-55-10-5-6-11-59(55)111-73)38-81-89(48)47-77-42-75(2)41-76(3,43-77)45-78(44-75,46-77)108-29-26-86(4)74(102)107-40-49-12-14-58(109-66-37-57(90)68(96)69(110-66)72(100)101)56(36-49)82-63(93)18-22-79-62(92)21-27-103-30-32-105-34-35-106-33-31-104-28-23-80-61(91)20-25-88-64(94)16-17-65(88)95/h5-17,36,38,57,66,69,90H,18-35,37,39-47H2,1-4H3,(H,79,92)(H,80,91)(H,82,93)(H,98,99)(H,100,101)(H,83,85,97)/t57-,66-,69+,75?,76?,77?,78?/m1/s1. The molecule has 3 aliphatic heterocycles. The number of ketones is 1. The lowest BCUT2D eigenvalue weighted by molar-refractivity contribution is -0.248. The number of Topliss-reactive ketones (excluding diaryl/α,β-unsaturated/α-hetero) is 1. The Morgan fingerprint density at radius 3 is 2.15 bits per heavy atom. The molecule has 13 rings (SSSR count). The highest BCUT2D eigenvalue weighted by molar-refractivity contribution is 7.22. The van der Waals surface area contributed by atoms with E-state index >= 15 is 0 Å². The van der Waals surface area contributed by atoms with Crippen LogP contribution in [0.2, 0.25) is 0 Å². The molecule has 1 saturated heterocycles. The third kappa shape index (κ3) is 20.2. The first-order chi connectivity index (χ1) is 53.2. The number of likely N-dealkylation sites (N-methyl/N-ethyl adjacent to an activating group) is 1. The van der Waals surface area contributed by atoms with Crippen molar-refractivity contribution in [3.8, 4) is 16.9 Å². The molecule has 7 aliphatic rings. The number of para-hydroxylation sites is 1. The quantitative estimate of drug-likeness (QED) is 0.0122. The third-order valence-electron chi connectivity index (χ3n) is 20.9. The number of aromatic nitrogens is 4. The molecule has 32 nitrogen and oxygen atoms in total. The van der Waals surface area contributed by atoms with Crippen molar-refractivity contribution < 1.29 is 101 Å². The number of thiazole rings is 1. The number of carboxylic acids is 2. The van der Waals surface area contributed by atoms with Gasteiger partial charge in [-0.15, -0.1) is 0 Å². The Hall–Kier alpha value is -10.1. The molecule has 3 aromatic carbocycles. The van der Waals surface area contributed by atoms with Crippen molar-refractivity contribution in [3.05, 3.63) is 125 Å². The minimum absolute atomic E-state index is 0.00220. The fourth-order valence-electron chi connectivity index (χ4n) is 16.9. The number of hydrogen-bond donors (Lipinski definition) is 7. The fourth-order valence-corrected chi connectivity index (χ4v) is 17.8. The van der Waals surface area contributed by atoms with Crippen LogP contribution in [0, 0.1) is 23.2 Å². The Kier molecular flexibility index (Phi) is 25.7. The number of carbonyl (C=O) groups excluding carboxylic acids is 8. The number of aliphatic carboxylic acids is 1. The Balaban J connectivity index is 0.588. The molecule has 111 heavy (non-hydrogen) atoms. The fraction of sp³-hybridized carbons (Fsp3) is 0.500. The topological polar surface area (TPSA) is 407 Å². The Bertz CT molecular complexity index is 4450. The van der Waals surface area contributed by atoms with Crippen LogP contribution < -0.4 is 30.9 Å². The van der Waals surface area contributed by atoms with Gasteiger partial charge in [0.25, 0.3) is 17.7 Å². The largest absolute Gasteiger partial charge is 0.479 e. The molecular formula is C78H93N11O21S. The number of ether oxygens (including phenoxy) is 8. The summed E-state index contributed by atoms with van der Waals surface area (Å²) < 4.78 is 49.0. The number of nitrogens with one attached hydrogen (secondary N) is 4. The average Bonchev–Trinajstić information content (AvgIpc) is 1.21. The number of carboxylic acid groups (broad SMARTS) is 2. The highest BCUT2D eigenvalue weighted by Gasteiger charge is 2.66. The molecule has 5 fully saturated rings. The lowest BCUT2D eigenvalue weighted by Gasteiger charge is -2.69. The van der Waals surface area contributed by atoms with Crippen LogP contribution in [0.5, 0.6) is 5.75 Å². The SMILES string of the molecule is Cc1c(-c2ccc(N3CCc4cccc(C(=O)Nc5nc6ccccc6s5)c4C3)nc2C(=O)O)cnn1CC12CC3(C)CC(C)(C1)CC(OCCN(C)C(=O)OCc1ccc(O[C@H]4C[C@@H](O)C(=O)[C@@H](C(=O)O)O4)c(NC(=O)CCNC(=O)CCOCCOCCOCCOCCNC(=O)CCN4C(=O)C=CC4=O)c1)(C3)C2. The number of amides is 7. The molecule has 592 valence electrons. The van der Waals surface area contributed by atoms with E-state index in [2.05, 4.69) is 40.1 Å². The van der Waals surface area contributed by atoms with Crippen LogP contribution in [-0.2, 0) is 92.8 Å². The predicted octanol–water partition coefficient (Wildman–Crippen LogP) is 6.62. The number of benzene rings is 3. The van der Waals surface area contributed by atoms with Gasteiger partial charge in [-0.2, -0.15) is 5.10 Å². The first kappa shape index (κ1) is 80.4. The van der Waals surface area contributed by atoms with E-state index in [9.17, 15) is 63.3 Å². The zero-order valence-electron chi connectivity index (χ0n) is 62.4. The first-order valence-electron chi connectivity index (χ1n) is 37.1. The molecule has 0 spiro atoms. The summed E-state index contributed by atoms with van der Waals surface area (Å²) in [7, 11) is 1.61.